The van der Waals surface area contributed by atoms with Crippen LogP contribution >= 0.6 is 0 Å². The van der Waals surface area contributed by atoms with Gasteiger partial charge in [-0.25, -0.2) is 0 Å². The van der Waals surface area contributed by atoms with Crippen molar-refractivity contribution in [2.45, 2.75) is 31.2 Å². The van der Waals surface area contributed by atoms with Gasteiger partial charge in [0, 0.05) is 19.7 Å². The summed E-state index contributed by atoms with van der Waals surface area (Å²) in [4.78, 5) is 26.1. The molecule has 0 aliphatic carbocycles. The van der Waals surface area contributed by atoms with Crippen molar-refractivity contribution in [3.63, 3.8) is 0 Å². The number of alkyl halides is 3. The summed E-state index contributed by atoms with van der Waals surface area (Å²) in [7, 11) is 0. The van der Waals surface area contributed by atoms with E-state index in [0.717, 1.165) is 12.5 Å². The summed E-state index contributed by atoms with van der Waals surface area (Å²) in [5.74, 6) is -1.03. The number of ether oxygens (including phenoxy) is 1. The number of rotatable bonds is 2. The number of hydrogen-bond acceptors (Lipinski definition) is 3. The van der Waals surface area contributed by atoms with E-state index >= 15 is 0 Å². The van der Waals surface area contributed by atoms with Gasteiger partial charge in [0.2, 0.25) is 5.91 Å². The number of nitrogens with one attached hydrogen (secondary N) is 1. The monoisotopic (exact) mass is 342 g/mol. The maximum Gasteiger partial charge on any atom is 0.416 e. The van der Waals surface area contributed by atoms with Crippen molar-refractivity contribution in [3.05, 3.63) is 35.4 Å². The average Bonchev–Trinajstić information content (AvgIpc) is 3.07. The first-order valence-electron chi connectivity index (χ1n) is 7.75. The van der Waals surface area contributed by atoms with Gasteiger partial charge < -0.3 is 15.0 Å². The minimum absolute atomic E-state index is 0.154. The summed E-state index contributed by atoms with van der Waals surface area (Å²) < 4.78 is 45.2. The second-order valence-electron chi connectivity index (χ2n) is 5.81. The summed E-state index contributed by atoms with van der Waals surface area (Å²) in [5, 5.41) is 2.54. The van der Waals surface area contributed by atoms with Crippen molar-refractivity contribution in [1.29, 1.82) is 0 Å². The van der Waals surface area contributed by atoms with Gasteiger partial charge in [-0.05, 0) is 24.5 Å². The summed E-state index contributed by atoms with van der Waals surface area (Å²) in [6.45, 7) is 0.809. The minimum atomic E-state index is -4.60. The first-order chi connectivity index (χ1) is 11.4. The summed E-state index contributed by atoms with van der Waals surface area (Å²) in [5.41, 5.74) is -1.12. The van der Waals surface area contributed by atoms with Gasteiger partial charge in [-0.3, -0.25) is 9.59 Å². The van der Waals surface area contributed by atoms with Crippen LogP contribution in [0.1, 0.15) is 30.0 Å². The third kappa shape index (κ3) is 3.10. The molecule has 1 aromatic rings. The molecule has 0 aromatic heterocycles. The molecule has 2 heterocycles. The Bertz CT molecular complexity index is 642. The largest absolute Gasteiger partial charge is 0.416 e. The van der Waals surface area contributed by atoms with Crippen molar-refractivity contribution in [1.82, 2.24) is 10.2 Å². The van der Waals surface area contributed by atoms with Gasteiger partial charge in [0.25, 0.3) is 5.91 Å². The maximum absolute atomic E-state index is 13.3. The molecule has 1 N–H and O–H groups in total. The van der Waals surface area contributed by atoms with E-state index in [9.17, 15) is 22.8 Å². The molecule has 130 valence electrons. The molecule has 1 aromatic carbocycles. The maximum atomic E-state index is 13.3. The summed E-state index contributed by atoms with van der Waals surface area (Å²) in [6.07, 6.45) is -4.05. The fraction of sp³-hybridized carbons (Fsp3) is 0.500. The van der Waals surface area contributed by atoms with Crippen LogP contribution in [-0.2, 0) is 20.5 Å². The number of halogens is 3. The molecular weight excluding hydrogens is 325 g/mol. The smallest absolute Gasteiger partial charge is 0.368 e. The minimum Gasteiger partial charge on any atom is -0.368 e. The predicted octanol–water partition coefficient (Wildman–Crippen LogP) is 1.88. The highest BCUT2D eigenvalue weighted by Crippen LogP contribution is 2.37. The topological polar surface area (TPSA) is 58.6 Å². The molecule has 2 atom stereocenters. The Hall–Kier alpha value is -2.09. The Labute approximate surface area is 136 Å². The van der Waals surface area contributed by atoms with Crippen LogP contribution in [0.15, 0.2) is 24.3 Å². The Morgan fingerprint density at radius 3 is 2.71 bits per heavy atom. The van der Waals surface area contributed by atoms with Gasteiger partial charge in [0.15, 0.2) is 0 Å². The van der Waals surface area contributed by atoms with Crippen LogP contribution in [0.25, 0.3) is 0 Å². The number of amides is 2. The van der Waals surface area contributed by atoms with E-state index in [1.54, 1.807) is 0 Å². The van der Waals surface area contributed by atoms with E-state index in [2.05, 4.69) is 5.32 Å². The SMILES string of the molecule is O=C1NCCN(C(=O)C2CCCO2)C1c1ccccc1C(F)(F)F. The molecule has 0 bridgehead atoms. The quantitative estimate of drug-likeness (QED) is 0.893. The summed E-state index contributed by atoms with van der Waals surface area (Å²) >= 11 is 0. The van der Waals surface area contributed by atoms with Gasteiger partial charge in [0.1, 0.15) is 12.1 Å². The van der Waals surface area contributed by atoms with Crippen molar-refractivity contribution in [3.8, 4) is 0 Å². The number of carbonyl (C=O) groups is 2. The lowest BCUT2D eigenvalue weighted by atomic mass is 9.96. The highest BCUT2D eigenvalue weighted by atomic mass is 19.4. The van der Waals surface area contributed by atoms with Crippen LogP contribution in [0, 0.1) is 0 Å². The van der Waals surface area contributed by atoms with Gasteiger partial charge in [-0.15, -0.1) is 0 Å². The molecule has 3 rings (SSSR count). The van der Waals surface area contributed by atoms with E-state index in [4.69, 9.17) is 4.74 Å². The second kappa shape index (κ2) is 6.43. The van der Waals surface area contributed by atoms with Crippen LogP contribution in [-0.4, -0.2) is 42.5 Å². The van der Waals surface area contributed by atoms with Crippen LogP contribution < -0.4 is 5.32 Å². The third-order valence-electron chi connectivity index (χ3n) is 4.26. The van der Waals surface area contributed by atoms with E-state index in [0.29, 0.717) is 13.0 Å². The molecule has 2 amide bonds. The third-order valence-corrected chi connectivity index (χ3v) is 4.26. The molecule has 24 heavy (non-hydrogen) atoms. The van der Waals surface area contributed by atoms with Gasteiger partial charge in [0.05, 0.1) is 5.56 Å². The number of benzene rings is 1. The van der Waals surface area contributed by atoms with E-state index in [-0.39, 0.29) is 18.7 Å². The van der Waals surface area contributed by atoms with Crippen molar-refractivity contribution in [2.24, 2.45) is 0 Å². The molecule has 5 nitrogen and oxygen atoms in total. The number of piperazine rings is 1. The number of hydrogen-bond donors (Lipinski definition) is 1. The number of carbonyl (C=O) groups excluding carboxylic acids is 2. The van der Waals surface area contributed by atoms with E-state index in [1.165, 1.54) is 23.1 Å². The highest BCUT2D eigenvalue weighted by molar-refractivity contribution is 5.91. The highest BCUT2D eigenvalue weighted by Gasteiger charge is 2.43. The Morgan fingerprint density at radius 2 is 2.04 bits per heavy atom. The molecular formula is C16H17F3N2O3. The first-order valence-corrected chi connectivity index (χ1v) is 7.75. The van der Waals surface area contributed by atoms with E-state index in [1.807, 2.05) is 0 Å². The second-order valence-corrected chi connectivity index (χ2v) is 5.81. The molecule has 0 saturated carbocycles. The molecule has 2 aliphatic rings. The Balaban J connectivity index is 1.99. The molecule has 2 aliphatic heterocycles. The molecule has 2 saturated heterocycles. The lowest BCUT2D eigenvalue weighted by Crippen LogP contribution is -2.54. The Kier molecular flexibility index (Phi) is 4.49. The zero-order valence-corrected chi connectivity index (χ0v) is 12.8. The van der Waals surface area contributed by atoms with Crippen molar-refractivity contribution < 1.29 is 27.5 Å². The zero-order chi connectivity index (χ0) is 17.3. The molecule has 0 radical (unpaired) electrons. The molecule has 0 spiro atoms. The fourth-order valence-corrected chi connectivity index (χ4v) is 3.16. The van der Waals surface area contributed by atoms with Gasteiger partial charge in [-0.1, -0.05) is 18.2 Å². The normalized spacial score (nSPS) is 24.8. The number of nitrogens with zero attached hydrogens (tertiary/aromatic N) is 1. The van der Waals surface area contributed by atoms with Crippen LogP contribution in [0.3, 0.4) is 0 Å². The van der Waals surface area contributed by atoms with Crippen LogP contribution in [0.5, 0.6) is 0 Å². The van der Waals surface area contributed by atoms with Gasteiger partial charge >= 0.3 is 6.18 Å². The fourth-order valence-electron chi connectivity index (χ4n) is 3.16. The van der Waals surface area contributed by atoms with Crippen LogP contribution in [0.4, 0.5) is 13.2 Å². The molecule has 2 unspecified atom stereocenters. The van der Waals surface area contributed by atoms with Crippen molar-refractivity contribution in [2.75, 3.05) is 19.7 Å². The average molecular weight is 342 g/mol. The van der Waals surface area contributed by atoms with Crippen LogP contribution in [0.2, 0.25) is 0 Å². The first kappa shape index (κ1) is 16.8. The van der Waals surface area contributed by atoms with E-state index < -0.39 is 35.7 Å². The van der Waals surface area contributed by atoms with Gasteiger partial charge in [-0.2, -0.15) is 13.2 Å². The predicted molar refractivity (Wildman–Crippen MR) is 77.9 cm³/mol. The standard InChI is InChI=1S/C16H17F3N2O3/c17-16(18,19)11-5-2-1-4-10(11)13-14(22)20-7-8-21(13)15(23)12-6-3-9-24-12/h1-2,4-5,12-13H,3,6-9H2,(H,20,22). The summed E-state index contributed by atoms with van der Waals surface area (Å²) in [6, 6.07) is 3.56. The molecule has 2 fully saturated rings. The van der Waals surface area contributed by atoms with Crippen molar-refractivity contribution >= 4 is 11.8 Å². The lowest BCUT2D eigenvalue weighted by Gasteiger charge is -2.37. The molecule has 8 heteroatoms. The Morgan fingerprint density at radius 1 is 1.29 bits per heavy atom. The zero-order valence-electron chi connectivity index (χ0n) is 12.8. The lowest BCUT2D eigenvalue weighted by molar-refractivity contribution is -0.152.